The Morgan fingerprint density at radius 2 is 1.65 bits per heavy atom. The molecule has 1 aromatic rings. The van der Waals surface area contributed by atoms with E-state index >= 15 is 0 Å². The summed E-state index contributed by atoms with van der Waals surface area (Å²) in [4.78, 5) is 0. The molecule has 1 aliphatic rings. The van der Waals surface area contributed by atoms with Gasteiger partial charge < -0.3 is 5.73 Å². The summed E-state index contributed by atoms with van der Waals surface area (Å²) in [5.41, 5.74) is 5.89. The van der Waals surface area contributed by atoms with E-state index < -0.39 is 11.6 Å². The number of unbranched alkanes of at least 4 members (excludes halogenated alkanes) is 2. The van der Waals surface area contributed by atoms with E-state index in [2.05, 4.69) is 6.92 Å². The van der Waals surface area contributed by atoms with E-state index in [-0.39, 0.29) is 17.2 Å². The first kappa shape index (κ1) is 15.3. The van der Waals surface area contributed by atoms with Gasteiger partial charge in [0.25, 0.3) is 0 Å². The van der Waals surface area contributed by atoms with Gasteiger partial charge >= 0.3 is 0 Å². The van der Waals surface area contributed by atoms with Crippen LogP contribution in [0, 0.1) is 17.6 Å². The van der Waals surface area contributed by atoms with E-state index in [1.807, 2.05) is 0 Å². The summed E-state index contributed by atoms with van der Waals surface area (Å²) in [6.07, 6.45) is 9.08. The zero-order chi connectivity index (χ0) is 14.5. The number of hydrogen-bond donors (Lipinski definition) is 1. The lowest BCUT2D eigenvalue weighted by atomic mass is 9.76. The van der Waals surface area contributed by atoms with Crippen molar-refractivity contribution in [3.05, 3.63) is 29.3 Å². The van der Waals surface area contributed by atoms with Crippen LogP contribution in [0.5, 0.6) is 0 Å². The number of nitrogen functional groups attached to an aromatic ring is 1. The van der Waals surface area contributed by atoms with Crippen molar-refractivity contribution in [2.45, 2.75) is 64.2 Å². The highest BCUT2D eigenvalue weighted by atomic mass is 19.1. The van der Waals surface area contributed by atoms with Crippen LogP contribution < -0.4 is 5.73 Å². The van der Waals surface area contributed by atoms with Crippen LogP contribution >= 0.6 is 0 Å². The zero-order valence-corrected chi connectivity index (χ0v) is 12.3. The predicted octanol–water partition coefficient (Wildman–Crippen LogP) is 5.40. The maximum atomic E-state index is 13.9. The quantitative estimate of drug-likeness (QED) is 0.567. The molecule has 0 amide bonds. The normalized spacial score (nSPS) is 22.9. The fraction of sp³-hybridized carbons (Fsp3) is 0.647. The molecule has 0 bridgehead atoms. The molecule has 112 valence electrons. The van der Waals surface area contributed by atoms with Crippen LogP contribution in [0.2, 0.25) is 0 Å². The number of hydrogen-bond acceptors (Lipinski definition) is 1. The molecular weight excluding hydrogens is 256 g/mol. The summed E-state index contributed by atoms with van der Waals surface area (Å²) < 4.78 is 27.8. The van der Waals surface area contributed by atoms with Gasteiger partial charge in [0.15, 0.2) is 0 Å². The van der Waals surface area contributed by atoms with Gasteiger partial charge in [-0.15, -0.1) is 0 Å². The molecule has 0 atom stereocenters. The lowest BCUT2D eigenvalue weighted by Gasteiger charge is -2.29. The molecule has 20 heavy (non-hydrogen) atoms. The minimum Gasteiger partial charge on any atom is -0.399 e. The number of rotatable bonds is 5. The minimum atomic E-state index is -0.475. The number of anilines is 1. The highest BCUT2D eigenvalue weighted by molar-refractivity contribution is 5.42. The molecule has 0 heterocycles. The van der Waals surface area contributed by atoms with Crippen molar-refractivity contribution in [3.63, 3.8) is 0 Å². The largest absolute Gasteiger partial charge is 0.399 e. The van der Waals surface area contributed by atoms with E-state index in [0.717, 1.165) is 31.6 Å². The van der Waals surface area contributed by atoms with Crippen molar-refractivity contribution in [2.75, 3.05) is 5.73 Å². The van der Waals surface area contributed by atoms with Crippen molar-refractivity contribution in [2.24, 2.45) is 5.92 Å². The van der Waals surface area contributed by atoms with Crippen LogP contribution in [0.4, 0.5) is 14.5 Å². The van der Waals surface area contributed by atoms with E-state index in [1.54, 1.807) is 0 Å². The fourth-order valence-electron chi connectivity index (χ4n) is 3.42. The molecule has 1 aliphatic carbocycles. The Hall–Kier alpha value is -1.12. The van der Waals surface area contributed by atoms with Crippen LogP contribution in [-0.2, 0) is 0 Å². The lowest BCUT2D eigenvalue weighted by molar-refractivity contribution is 0.295. The second-order valence-electron chi connectivity index (χ2n) is 6.11. The topological polar surface area (TPSA) is 26.0 Å². The summed E-state index contributed by atoms with van der Waals surface area (Å²) in [6.45, 7) is 2.21. The fourth-order valence-corrected chi connectivity index (χ4v) is 3.42. The molecule has 0 spiro atoms. The minimum absolute atomic E-state index is 0.0259. The van der Waals surface area contributed by atoms with Crippen LogP contribution in [0.25, 0.3) is 0 Å². The molecule has 1 nitrogen and oxygen atoms in total. The maximum Gasteiger partial charge on any atom is 0.131 e. The summed E-state index contributed by atoms with van der Waals surface area (Å²) in [5, 5.41) is 0. The molecule has 3 heteroatoms. The van der Waals surface area contributed by atoms with Crippen LogP contribution in [0.3, 0.4) is 0 Å². The van der Waals surface area contributed by atoms with Crippen molar-refractivity contribution in [1.29, 1.82) is 0 Å². The Bertz CT molecular complexity index is 414. The van der Waals surface area contributed by atoms with Gasteiger partial charge in [-0.3, -0.25) is 0 Å². The standard InChI is InChI=1S/C17H25F2N/c1-2-3-4-5-12-6-8-13(9-7-12)17-15(18)10-14(20)11-16(17)19/h10-13H,2-9,20H2,1H3. The summed E-state index contributed by atoms with van der Waals surface area (Å²) in [7, 11) is 0. The van der Waals surface area contributed by atoms with Crippen LogP contribution in [-0.4, -0.2) is 0 Å². The Kier molecular flexibility index (Phi) is 5.38. The highest BCUT2D eigenvalue weighted by Crippen LogP contribution is 2.39. The third kappa shape index (κ3) is 3.71. The number of nitrogens with two attached hydrogens (primary N) is 1. The summed E-state index contributed by atoms with van der Waals surface area (Å²) in [6, 6.07) is 2.48. The van der Waals surface area contributed by atoms with E-state index in [4.69, 9.17) is 5.73 Å². The van der Waals surface area contributed by atoms with Gasteiger partial charge in [0, 0.05) is 11.3 Å². The first-order valence-corrected chi connectivity index (χ1v) is 7.86. The first-order valence-electron chi connectivity index (χ1n) is 7.86. The van der Waals surface area contributed by atoms with Crippen molar-refractivity contribution >= 4 is 5.69 Å². The Morgan fingerprint density at radius 3 is 2.20 bits per heavy atom. The van der Waals surface area contributed by atoms with Crippen LogP contribution in [0.15, 0.2) is 12.1 Å². The SMILES string of the molecule is CCCCCC1CCC(c2c(F)cc(N)cc2F)CC1. The molecule has 2 N–H and O–H groups in total. The first-order chi connectivity index (χ1) is 9.61. The lowest BCUT2D eigenvalue weighted by Crippen LogP contribution is -2.15. The predicted molar refractivity (Wildman–Crippen MR) is 79.6 cm³/mol. The van der Waals surface area contributed by atoms with Crippen LogP contribution in [0.1, 0.15) is 69.8 Å². The molecule has 0 unspecified atom stereocenters. The van der Waals surface area contributed by atoms with Gasteiger partial charge in [0.1, 0.15) is 11.6 Å². The van der Waals surface area contributed by atoms with E-state index in [1.165, 1.54) is 37.8 Å². The van der Waals surface area contributed by atoms with E-state index in [9.17, 15) is 8.78 Å². The molecular formula is C17H25F2N. The van der Waals surface area contributed by atoms with Gasteiger partial charge in [-0.05, 0) is 49.7 Å². The smallest absolute Gasteiger partial charge is 0.131 e. The van der Waals surface area contributed by atoms with Gasteiger partial charge in [-0.1, -0.05) is 32.6 Å². The Morgan fingerprint density at radius 1 is 1.05 bits per heavy atom. The third-order valence-electron chi connectivity index (χ3n) is 4.57. The average molecular weight is 281 g/mol. The molecule has 1 fully saturated rings. The molecule has 0 aromatic heterocycles. The van der Waals surface area contributed by atoms with Crippen molar-refractivity contribution in [1.82, 2.24) is 0 Å². The third-order valence-corrected chi connectivity index (χ3v) is 4.57. The zero-order valence-electron chi connectivity index (χ0n) is 12.3. The number of benzene rings is 1. The van der Waals surface area contributed by atoms with Crippen molar-refractivity contribution < 1.29 is 8.78 Å². The monoisotopic (exact) mass is 281 g/mol. The Labute approximate surface area is 120 Å². The highest BCUT2D eigenvalue weighted by Gasteiger charge is 2.26. The van der Waals surface area contributed by atoms with E-state index in [0.29, 0.717) is 0 Å². The average Bonchev–Trinajstić information content (AvgIpc) is 2.39. The molecule has 0 aliphatic heterocycles. The van der Waals surface area contributed by atoms with Gasteiger partial charge in [-0.25, -0.2) is 8.78 Å². The molecule has 0 radical (unpaired) electrons. The molecule has 0 saturated heterocycles. The summed E-state index contributed by atoms with van der Waals surface area (Å²) in [5.74, 6) is -0.176. The Balaban J connectivity index is 1.94. The molecule has 2 rings (SSSR count). The summed E-state index contributed by atoms with van der Waals surface area (Å²) >= 11 is 0. The second kappa shape index (κ2) is 7.05. The second-order valence-corrected chi connectivity index (χ2v) is 6.11. The maximum absolute atomic E-state index is 13.9. The molecule has 1 aromatic carbocycles. The number of halogens is 2. The molecule has 1 saturated carbocycles. The van der Waals surface area contributed by atoms with Gasteiger partial charge in [0.05, 0.1) is 0 Å². The van der Waals surface area contributed by atoms with Gasteiger partial charge in [0.2, 0.25) is 0 Å². The van der Waals surface area contributed by atoms with Gasteiger partial charge in [-0.2, -0.15) is 0 Å². The van der Waals surface area contributed by atoms with Crippen molar-refractivity contribution in [3.8, 4) is 0 Å².